The highest BCUT2D eigenvalue weighted by molar-refractivity contribution is 7.52. The molecule has 6 N–H and O–H groups in total. The Morgan fingerprint density at radius 2 is 1.75 bits per heavy atom. The lowest BCUT2D eigenvalue weighted by atomic mass is 10.1. The number of aliphatic hydroxyl groups excluding tert-OH is 2. The summed E-state index contributed by atoms with van der Waals surface area (Å²) < 4.78 is 42.7. The molecule has 0 radical (unpaired) electrons. The second-order valence-corrected chi connectivity index (χ2v) is 12.8. The number of imidazole rings is 1. The van der Waals surface area contributed by atoms with E-state index in [0.29, 0.717) is 0 Å². The second-order valence-electron chi connectivity index (χ2n) is 11.1. The van der Waals surface area contributed by atoms with Gasteiger partial charge in [0.1, 0.15) is 42.1 Å². The zero-order valence-electron chi connectivity index (χ0n) is 25.1. The Morgan fingerprint density at radius 1 is 1.11 bits per heavy atom. The Bertz CT molecular complexity index is 1320. The zero-order valence-corrected chi connectivity index (χ0v) is 26.0. The standard InChI is InChI=1S/C28H41N4O11P/c1-16(2)12-39-22(33)11-20(28(37)40-13-17(3)4)31-44(38,43-19-9-7-6-8-10-19)41-14-21-24(34)25(35)27(42-21)32-15-30-23(18(5)29)26(32)36/h6-10,15-17,20-21,24-25,27,34-36H,5,11-14,29H2,1-4H3,(H,31,38)/t20-,21+,24+,25+,27+,44?/m0/s1. The van der Waals surface area contributed by atoms with Gasteiger partial charge < -0.3 is 39.8 Å². The van der Waals surface area contributed by atoms with Crippen LogP contribution in [-0.2, 0) is 32.9 Å². The van der Waals surface area contributed by atoms with E-state index < -0.39 is 69.2 Å². The third kappa shape index (κ3) is 9.52. The fourth-order valence-electron chi connectivity index (χ4n) is 3.95. The smallest absolute Gasteiger partial charge is 0.459 e. The third-order valence-corrected chi connectivity index (χ3v) is 7.73. The average Bonchev–Trinajstić information content (AvgIpc) is 3.48. The predicted molar refractivity (Wildman–Crippen MR) is 157 cm³/mol. The summed E-state index contributed by atoms with van der Waals surface area (Å²) in [5, 5.41) is 34.3. The van der Waals surface area contributed by atoms with Gasteiger partial charge in [0, 0.05) is 0 Å². The molecule has 0 spiro atoms. The molecule has 16 heteroatoms. The molecule has 6 atom stereocenters. The molecular weight excluding hydrogens is 599 g/mol. The number of carbonyl (C=O) groups excluding carboxylic acids is 2. The molecule has 0 saturated carbocycles. The van der Waals surface area contributed by atoms with Crippen LogP contribution in [0.3, 0.4) is 0 Å². The first kappa shape index (κ1) is 35.0. The highest BCUT2D eigenvalue weighted by atomic mass is 31.2. The molecule has 3 rings (SSSR count). The van der Waals surface area contributed by atoms with Gasteiger partial charge in [0.05, 0.1) is 31.9 Å². The number of para-hydroxylation sites is 1. The van der Waals surface area contributed by atoms with Crippen LogP contribution in [0.4, 0.5) is 0 Å². The van der Waals surface area contributed by atoms with Crippen molar-refractivity contribution in [2.45, 2.75) is 64.7 Å². The van der Waals surface area contributed by atoms with E-state index in [1.165, 1.54) is 12.1 Å². The topological polar surface area (TPSA) is 214 Å². The van der Waals surface area contributed by atoms with Gasteiger partial charge in [0.25, 0.3) is 0 Å². The van der Waals surface area contributed by atoms with Gasteiger partial charge in [-0.15, -0.1) is 0 Å². The quantitative estimate of drug-likeness (QED) is 0.131. The molecule has 244 valence electrons. The lowest BCUT2D eigenvalue weighted by molar-refractivity contribution is -0.153. The van der Waals surface area contributed by atoms with Crippen LogP contribution < -0.4 is 15.3 Å². The van der Waals surface area contributed by atoms with E-state index in [9.17, 15) is 29.5 Å². The lowest BCUT2D eigenvalue weighted by Crippen LogP contribution is -2.41. The average molecular weight is 641 g/mol. The second kappa shape index (κ2) is 15.5. The molecule has 44 heavy (non-hydrogen) atoms. The minimum Gasteiger partial charge on any atom is -0.493 e. The van der Waals surface area contributed by atoms with Crippen molar-refractivity contribution in [1.82, 2.24) is 14.6 Å². The monoisotopic (exact) mass is 640 g/mol. The molecule has 1 fully saturated rings. The molecule has 1 aliphatic rings. The maximum Gasteiger partial charge on any atom is 0.459 e. The number of hydrogen-bond donors (Lipinski definition) is 5. The third-order valence-electron chi connectivity index (χ3n) is 6.17. The SMILES string of the molecule is C=C(N)c1ncn([C@@H]2O[C@H](COP(=O)(N[C@@H](CC(=O)OCC(C)C)C(=O)OCC(C)C)Oc3ccccc3)[C@@H](O)[C@H]2O)c1O. The first-order valence-corrected chi connectivity index (χ1v) is 15.6. The summed E-state index contributed by atoms with van der Waals surface area (Å²) >= 11 is 0. The summed E-state index contributed by atoms with van der Waals surface area (Å²) in [7, 11) is -4.53. The summed E-state index contributed by atoms with van der Waals surface area (Å²) in [6.07, 6.45) is -5.17. The van der Waals surface area contributed by atoms with Crippen LogP contribution >= 0.6 is 7.75 Å². The van der Waals surface area contributed by atoms with Gasteiger partial charge in [-0.3, -0.25) is 18.7 Å². The number of rotatable bonds is 16. The molecule has 1 aliphatic heterocycles. The number of carbonyl (C=O) groups is 2. The fourth-order valence-corrected chi connectivity index (χ4v) is 5.45. The Labute approximate surface area is 255 Å². The maximum atomic E-state index is 14.1. The van der Waals surface area contributed by atoms with Gasteiger partial charge in [-0.25, -0.2) is 9.55 Å². The molecule has 0 amide bonds. The summed E-state index contributed by atoms with van der Waals surface area (Å²) in [6.45, 7) is 10.4. The number of hydrogen-bond acceptors (Lipinski definition) is 13. The number of aliphatic hydroxyl groups is 2. The Hall–Kier alpha value is -3.46. The first-order chi connectivity index (χ1) is 20.7. The fraction of sp³-hybridized carbons (Fsp3) is 0.536. The number of benzene rings is 1. The van der Waals surface area contributed by atoms with Crippen molar-refractivity contribution in [2.24, 2.45) is 17.6 Å². The highest BCUT2D eigenvalue weighted by Crippen LogP contribution is 2.46. The Balaban J connectivity index is 1.83. The molecule has 2 heterocycles. The lowest BCUT2D eigenvalue weighted by Gasteiger charge is -2.26. The summed E-state index contributed by atoms with van der Waals surface area (Å²) in [4.78, 5) is 29.5. The minimum absolute atomic E-state index is 0.0228. The van der Waals surface area contributed by atoms with E-state index >= 15 is 0 Å². The van der Waals surface area contributed by atoms with E-state index in [0.717, 1.165) is 10.9 Å². The van der Waals surface area contributed by atoms with Gasteiger partial charge in [0.15, 0.2) is 6.23 Å². The van der Waals surface area contributed by atoms with Crippen LogP contribution in [0.25, 0.3) is 5.70 Å². The molecule has 15 nitrogen and oxygen atoms in total. The molecule has 0 aliphatic carbocycles. The van der Waals surface area contributed by atoms with Crippen LogP contribution in [0.15, 0.2) is 43.2 Å². The van der Waals surface area contributed by atoms with Crippen LogP contribution in [0.2, 0.25) is 0 Å². The van der Waals surface area contributed by atoms with Gasteiger partial charge in [0.2, 0.25) is 5.88 Å². The molecule has 1 aromatic carbocycles. The number of nitrogens with two attached hydrogens (primary N) is 1. The molecule has 1 aromatic heterocycles. The number of aromatic hydroxyl groups is 1. The number of nitrogens with zero attached hydrogens (tertiary/aromatic N) is 2. The van der Waals surface area contributed by atoms with E-state index in [1.54, 1.807) is 18.2 Å². The molecule has 1 unspecified atom stereocenters. The van der Waals surface area contributed by atoms with Crippen molar-refractivity contribution in [3.63, 3.8) is 0 Å². The normalized spacial score (nSPS) is 22.0. The summed E-state index contributed by atoms with van der Waals surface area (Å²) in [5.41, 5.74) is 5.54. The summed E-state index contributed by atoms with van der Waals surface area (Å²) in [5.74, 6) is -1.97. The van der Waals surface area contributed by atoms with Gasteiger partial charge in [-0.2, -0.15) is 5.09 Å². The van der Waals surface area contributed by atoms with Crippen molar-refractivity contribution in [3.8, 4) is 11.6 Å². The number of aromatic nitrogens is 2. The first-order valence-electron chi connectivity index (χ1n) is 14.0. The van der Waals surface area contributed by atoms with Crippen LogP contribution in [0.1, 0.15) is 46.0 Å². The summed E-state index contributed by atoms with van der Waals surface area (Å²) in [6, 6.07) is 6.41. The maximum absolute atomic E-state index is 14.1. The molecule has 2 aromatic rings. The minimum atomic E-state index is -4.53. The molecular formula is C28H41N4O11P. The Kier molecular flexibility index (Phi) is 12.3. The van der Waals surface area contributed by atoms with E-state index in [-0.39, 0.29) is 42.2 Å². The molecule has 1 saturated heterocycles. The van der Waals surface area contributed by atoms with Crippen molar-refractivity contribution in [1.29, 1.82) is 0 Å². The highest BCUT2D eigenvalue weighted by Gasteiger charge is 2.46. The number of nitrogens with one attached hydrogen (secondary N) is 1. The molecule has 0 bridgehead atoms. The van der Waals surface area contributed by atoms with Crippen molar-refractivity contribution < 1.29 is 52.7 Å². The van der Waals surface area contributed by atoms with Crippen molar-refractivity contribution in [3.05, 3.63) is 48.9 Å². The van der Waals surface area contributed by atoms with Gasteiger partial charge in [-0.05, 0) is 24.0 Å². The number of esters is 2. The van der Waals surface area contributed by atoms with Gasteiger partial charge in [-0.1, -0.05) is 52.5 Å². The van der Waals surface area contributed by atoms with Crippen LogP contribution in [0.5, 0.6) is 11.6 Å². The van der Waals surface area contributed by atoms with Gasteiger partial charge >= 0.3 is 19.7 Å². The van der Waals surface area contributed by atoms with Crippen LogP contribution in [0, 0.1) is 11.8 Å². The number of ether oxygens (including phenoxy) is 3. The Morgan fingerprint density at radius 3 is 2.34 bits per heavy atom. The largest absolute Gasteiger partial charge is 0.493 e. The van der Waals surface area contributed by atoms with E-state index in [2.05, 4.69) is 16.7 Å². The van der Waals surface area contributed by atoms with E-state index in [1.807, 2.05) is 27.7 Å². The predicted octanol–water partition coefficient (Wildman–Crippen LogP) is 2.09. The van der Waals surface area contributed by atoms with Crippen LogP contribution in [-0.4, -0.2) is 81.0 Å². The van der Waals surface area contributed by atoms with Crippen molar-refractivity contribution >= 4 is 25.4 Å². The van der Waals surface area contributed by atoms with E-state index in [4.69, 9.17) is 29.0 Å². The van der Waals surface area contributed by atoms with Crippen molar-refractivity contribution in [2.75, 3.05) is 19.8 Å². The zero-order chi connectivity index (χ0) is 32.6.